The van der Waals surface area contributed by atoms with E-state index in [4.69, 9.17) is 4.74 Å². The summed E-state index contributed by atoms with van der Waals surface area (Å²) in [5.41, 5.74) is 3.03. The molecule has 3 aliphatic rings. The molecule has 1 unspecified atom stereocenters. The van der Waals surface area contributed by atoms with Crippen molar-refractivity contribution in [2.75, 3.05) is 49.1 Å². The van der Waals surface area contributed by atoms with Crippen LogP contribution in [0.4, 0.5) is 24.5 Å². The van der Waals surface area contributed by atoms with E-state index < -0.39 is 12.8 Å². The number of rotatable bonds is 6. The SMILES string of the molecule is O=C(C1CCCCC1)N1c2ccccc2CCC1CN1CCN(c2ccccc2OCC(F)(F)F)CC1. The number of carbonyl (C=O) groups excluding carboxylic acids is 1. The van der Waals surface area contributed by atoms with Gasteiger partial charge in [0.2, 0.25) is 5.91 Å². The van der Waals surface area contributed by atoms with E-state index in [1.165, 1.54) is 12.0 Å². The topological polar surface area (TPSA) is 36.0 Å². The van der Waals surface area contributed by atoms with Crippen LogP contribution in [0.3, 0.4) is 0 Å². The maximum atomic E-state index is 13.8. The van der Waals surface area contributed by atoms with Gasteiger partial charge < -0.3 is 14.5 Å². The van der Waals surface area contributed by atoms with Crippen molar-refractivity contribution in [3.05, 3.63) is 54.1 Å². The summed E-state index contributed by atoms with van der Waals surface area (Å²) in [5.74, 6) is 0.667. The molecule has 1 atom stereocenters. The van der Waals surface area contributed by atoms with Gasteiger partial charge in [-0.25, -0.2) is 0 Å². The minimum absolute atomic E-state index is 0.118. The molecular weight excluding hydrogens is 479 g/mol. The summed E-state index contributed by atoms with van der Waals surface area (Å²) < 4.78 is 43.3. The molecule has 200 valence electrons. The molecule has 0 spiro atoms. The first-order valence-electron chi connectivity index (χ1n) is 13.6. The highest BCUT2D eigenvalue weighted by Gasteiger charge is 2.36. The summed E-state index contributed by atoms with van der Waals surface area (Å²) in [5, 5.41) is 0. The second-order valence-corrected chi connectivity index (χ2v) is 10.5. The van der Waals surface area contributed by atoms with E-state index >= 15 is 0 Å². The molecule has 1 amide bonds. The molecule has 2 aromatic rings. The van der Waals surface area contributed by atoms with Crippen molar-refractivity contribution in [2.45, 2.75) is 57.2 Å². The van der Waals surface area contributed by atoms with E-state index in [2.05, 4.69) is 32.9 Å². The summed E-state index contributed by atoms with van der Waals surface area (Å²) >= 11 is 0. The molecule has 2 fully saturated rings. The van der Waals surface area contributed by atoms with E-state index in [9.17, 15) is 18.0 Å². The number of anilines is 2. The van der Waals surface area contributed by atoms with Crippen molar-refractivity contribution < 1.29 is 22.7 Å². The molecule has 1 aliphatic carbocycles. The minimum Gasteiger partial charge on any atom is -0.482 e. The first-order chi connectivity index (χ1) is 17.9. The Labute approximate surface area is 217 Å². The highest BCUT2D eigenvalue weighted by atomic mass is 19.4. The lowest BCUT2D eigenvalue weighted by Crippen LogP contribution is -2.55. The van der Waals surface area contributed by atoms with E-state index in [0.29, 0.717) is 18.8 Å². The van der Waals surface area contributed by atoms with Gasteiger partial charge in [0.25, 0.3) is 0 Å². The lowest BCUT2D eigenvalue weighted by Gasteiger charge is -2.44. The number of hydrogen-bond acceptors (Lipinski definition) is 4. The Balaban J connectivity index is 1.25. The molecule has 8 heteroatoms. The van der Waals surface area contributed by atoms with Gasteiger partial charge in [-0.05, 0) is 49.4 Å². The van der Waals surface area contributed by atoms with Crippen molar-refractivity contribution in [3.63, 3.8) is 0 Å². The van der Waals surface area contributed by atoms with Crippen LogP contribution in [0.15, 0.2) is 48.5 Å². The number of amides is 1. The van der Waals surface area contributed by atoms with E-state index in [0.717, 1.165) is 63.8 Å². The maximum absolute atomic E-state index is 13.8. The van der Waals surface area contributed by atoms with E-state index in [1.54, 1.807) is 12.1 Å². The van der Waals surface area contributed by atoms with Gasteiger partial charge in [0, 0.05) is 50.4 Å². The number of nitrogens with zero attached hydrogens (tertiary/aromatic N) is 3. The molecule has 5 nitrogen and oxygen atoms in total. The number of benzene rings is 2. The predicted octanol–water partition coefficient (Wildman–Crippen LogP) is 5.68. The number of para-hydroxylation sites is 3. The molecule has 1 saturated carbocycles. The smallest absolute Gasteiger partial charge is 0.422 e. The third-order valence-corrected chi connectivity index (χ3v) is 7.99. The van der Waals surface area contributed by atoms with Crippen LogP contribution in [0.1, 0.15) is 44.1 Å². The Morgan fingerprint density at radius 2 is 1.54 bits per heavy atom. The average Bonchev–Trinajstić information content (AvgIpc) is 2.92. The molecule has 2 aliphatic heterocycles. The van der Waals surface area contributed by atoms with Gasteiger partial charge in [-0.3, -0.25) is 9.69 Å². The highest BCUT2D eigenvalue weighted by Crippen LogP contribution is 2.36. The van der Waals surface area contributed by atoms with Crippen LogP contribution in [0.5, 0.6) is 5.75 Å². The fourth-order valence-electron chi connectivity index (χ4n) is 6.09. The van der Waals surface area contributed by atoms with E-state index in [-0.39, 0.29) is 23.6 Å². The van der Waals surface area contributed by atoms with Gasteiger partial charge in [0.05, 0.1) is 5.69 Å². The van der Waals surface area contributed by atoms with Crippen LogP contribution in [-0.2, 0) is 11.2 Å². The normalized spacial score (nSPS) is 21.5. The van der Waals surface area contributed by atoms with Crippen LogP contribution in [0, 0.1) is 5.92 Å². The Morgan fingerprint density at radius 1 is 0.865 bits per heavy atom. The lowest BCUT2D eigenvalue weighted by molar-refractivity contribution is -0.153. The van der Waals surface area contributed by atoms with Crippen molar-refractivity contribution >= 4 is 17.3 Å². The first kappa shape index (κ1) is 25.9. The molecule has 0 radical (unpaired) electrons. The Kier molecular flexibility index (Phi) is 7.93. The highest BCUT2D eigenvalue weighted by molar-refractivity contribution is 5.97. The predicted molar refractivity (Wildman–Crippen MR) is 139 cm³/mol. The molecular formula is C29H36F3N3O2. The number of piperazine rings is 1. The Hall–Kier alpha value is -2.74. The quantitative estimate of drug-likeness (QED) is 0.496. The number of ether oxygens (including phenoxy) is 1. The van der Waals surface area contributed by atoms with Crippen molar-refractivity contribution in [2.24, 2.45) is 5.92 Å². The van der Waals surface area contributed by atoms with Gasteiger partial charge >= 0.3 is 6.18 Å². The van der Waals surface area contributed by atoms with Crippen LogP contribution < -0.4 is 14.5 Å². The summed E-state index contributed by atoms with van der Waals surface area (Å²) in [6.07, 6.45) is 3.00. The van der Waals surface area contributed by atoms with E-state index in [1.807, 2.05) is 18.2 Å². The van der Waals surface area contributed by atoms with Crippen LogP contribution in [0.25, 0.3) is 0 Å². The number of hydrogen-bond donors (Lipinski definition) is 0. The van der Waals surface area contributed by atoms with Gasteiger partial charge in [0.15, 0.2) is 6.61 Å². The molecule has 37 heavy (non-hydrogen) atoms. The van der Waals surface area contributed by atoms with Crippen molar-refractivity contribution in [1.82, 2.24) is 4.90 Å². The number of carbonyl (C=O) groups is 1. The van der Waals surface area contributed by atoms with Crippen molar-refractivity contribution in [1.29, 1.82) is 0 Å². The third kappa shape index (κ3) is 6.22. The molecule has 5 rings (SSSR count). The maximum Gasteiger partial charge on any atom is 0.422 e. The van der Waals surface area contributed by atoms with Gasteiger partial charge in [-0.15, -0.1) is 0 Å². The summed E-state index contributed by atoms with van der Waals surface area (Å²) in [6, 6.07) is 15.4. The van der Waals surface area contributed by atoms with Crippen LogP contribution in [0.2, 0.25) is 0 Å². The molecule has 0 bridgehead atoms. The lowest BCUT2D eigenvalue weighted by atomic mass is 9.86. The molecule has 0 N–H and O–H groups in total. The zero-order valence-electron chi connectivity index (χ0n) is 21.3. The standard InChI is InChI=1S/C29H36F3N3O2/c30-29(31,32)21-37-27-13-7-6-12-26(27)34-18-16-33(17-19-34)20-24-15-14-22-8-4-5-11-25(22)35(24)28(36)23-9-2-1-3-10-23/h4-8,11-13,23-24H,1-3,9-10,14-21H2. The zero-order chi connectivity index (χ0) is 25.8. The average molecular weight is 516 g/mol. The molecule has 1 saturated heterocycles. The number of fused-ring (bicyclic) bond motifs is 1. The van der Waals surface area contributed by atoms with Crippen LogP contribution >= 0.6 is 0 Å². The minimum atomic E-state index is -4.37. The molecule has 2 aromatic carbocycles. The van der Waals surface area contributed by atoms with Crippen LogP contribution in [-0.4, -0.2) is 62.4 Å². The van der Waals surface area contributed by atoms with Gasteiger partial charge in [-0.2, -0.15) is 13.2 Å². The Morgan fingerprint density at radius 3 is 2.27 bits per heavy atom. The van der Waals surface area contributed by atoms with Gasteiger partial charge in [0.1, 0.15) is 5.75 Å². The number of alkyl halides is 3. The second kappa shape index (κ2) is 11.3. The molecule has 0 aromatic heterocycles. The number of aryl methyl sites for hydroxylation is 1. The molecule has 2 heterocycles. The first-order valence-corrected chi connectivity index (χ1v) is 13.6. The summed E-state index contributed by atoms with van der Waals surface area (Å²) in [6.45, 7) is 2.50. The van der Waals surface area contributed by atoms with Crippen molar-refractivity contribution in [3.8, 4) is 5.75 Å². The fraction of sp³-hybridized carbons (Fsp3) is 0.552. The zero-order valence-corrected chi connectivity index (χ0v) is 21.3. The fourth-order valence-corrected chi connectivity index (χ4v) is 6.09. The monoisotopic (exact) mass is 515 g/mol. The second-order valence-electron chi connectivity index (χ2n) is 10.5. The Bertz CT molecular complexity index is 1060. The third-order valence-electron chi connectivity index (χ3n) is 7.99. The van der Waals surface area contributed by atoms with Gasteiger partial charge in [-0.1, -0.05) is 49.6 Å². The largest absolute Gasteiger partial charge is 0.482 e. The summed E-state index contributed by atoms with van der Waals surface area (Å²) in [4.78, 5) is 20.4. The number of halogens is 3. The summed E-state index contributed by atoms with van der Waals surface area (Å²) in [7, 11) is 0.